The zero-order chi connectivity index (χ0) is 39.3. The highest BCUT2D eigenvalue weighted by atomic mass is 15.0. The van der Waals surface area contributed by atoms with E-state index in [-0.39, 0.29) is 0 Å². The number of allylic oxidation sites excluding steroid dienone is 5. The molecule has 276 valence electrons. The first-order chi connectivity index (χ1) is 28.5. The number of hydrogen-bond acceptors (Lipinski definition) is 3. The molecule has 8 aromatic carbocycles. The number of aromatic nitrogens is 4. The molecule has 2 heterocycles. The van der Waals surface area contributed by atoms with Gasteiger partial charge >= 0.3 is 0 Å². The molecule has 0 fully saturated rings. The molecular weight excluding hydrogens is 705 g/mol. The minimum atomic E-state index is 0.568. The van der Waals surface area contributed by atoms with Gasteiger partial charge in [0.15, 0.2) is 17.5 Å². The molecule has 0 atom stereocenters. The van der Waals surface area contributed by atoms with Crippen LogP contribution < -0.4 is 0 Å². The summed E-state index contributed by atoms with van der Waals surface area (Å²) >= 11 is 0. The van der Waals surface area contributed by atoms with Gasteiger partial charge in [-0.25, -0.2) is 15.0 Å². The van der Waals surface area contributed by atoms with Crippen molar-refractivity contribution in [2.75, 3.05) is 0 Å². The number of para-hydroxylation sites is 1. The lowest BCUT2D eigenvalue weighted by atomic mass is 9.91. The van der Waals surface area contributed by atoms with E-state index in [1.54, 1.807) is 0 Å². The second kappa shape index (κ2) is 14.3. The van der Waals surface area contributed by atoms with Gasteiger partial charge in [-0.05, 0) is 100 Å². The van der Waals surface area contributed by atoms with Crippen molar-refractivity contribution in [2.24, 2.45) is 0 Å². The lowest BCUT2D eigenvalue weighted by Gasteiger charge is -2.19. The van der Waals surface area contributed by atoms with Gasteiger partial charge in [-0.15, -0.1) is 0 Å². The molecule has 0 bridgehead atoms. The zero-order valence-electron chi connectivity index (χ0n) is 32.7. The highest BCUT2D eigenvalue weighted by Gasteiger charge is 2.22. The summed E-state index contributed by atoms with van der Waals surface area (Å²) in [6.45, 7) is 10.6. The molecule has 0 aliphatic carbocycles. The van der Waals surface area contributed by atoms with Crippen LogP contribution in [0.25, 0.3) is 99.3 Å². The summed E-state index contributed by atoms with van der Waals surface area (Å²) in [5.74, 6) is 1.77. The second-order valence-electron chi connectivity index (χ2n) is 14.9. The van der Waals surface area contributed by atoms with E-state index in [2.05, 4.69) is 146 Å². The molecule has 4 nitrogen and oxygen atoms in total. The van der Waals surface area contributed by atoms with E-state index >= 15 is 0 Å². The Labute approximate surface area is 337 Å². The van der Waals surface area contributed by atoms with Crippen molar-refractivity contribution >= 4 is 59.7 Å². The van der Waals surface area contributed by atoms with Crippen LogP contribution in [0, 0.1) is 13.8 Å². The maximum Gasteiger partial charge on any atom is 0.164 e. The predicted octanol–water partition coefficient (Wildman–Crippen LogP) is 14.2. The maximum atomic E-state index is 5.22. The zero-order valence-corrected chi connectivity index (χ0v) is 32.7. The minimum Gasteiger partial charge on any atom is -0.309 e. The van der Waals surface area contributed by atoms with Crippen molar-refractivity contribution in [1.82, 2.24) is 19.5 Å². The number of nitrogens with zero attached hydrogens (tertiary/aromatic N) is 4. The molecular formula is C54H40N4. The summed E-state index contributed by atoms with van der Waals surface area (Å²) in [6.07, 6.45) is 7.79. The number of hydrogen-bond donors (Lipinski definition) is 0. The van der Waals surface area contributed by atoms with Crippen LogP contribution in [0.5, 0.6) is 0 Å². The lowest BCUT2D eigenvalue weighted by Crippen LogP contribution is -2.04. The fourth-order valence-corrected chi connectivity index (χ4v) is 8.65. The molecule has 0 aliphatic heterocycles. The quantitative estimate of drug-likeness (QED) is 0.121. The Hall–Kier alpha value is -7.43. The molecule has 0 unspecified atom stereocenters. The summed E-state index contributed by atoms with van der Waals surface area (Å²) in [5, 5.41) is 9.53. The van der Waals surface area contributed by atoms with Crippen molar-refractivity contribution < 1.29 is 0 Å². The van der Waals surface area contributed by atoms with Crippen LogP contribution in [0.4, 0.5) is 0 Å². The van der Waals surface area contributed by atoms with E-state index in [9.17, 15) is 0 Å². The van der Waals surface area contributed by atoms with Crippen LogP contribution in [0.3, 0.4) is 0 Å². The van der Waals surface area contributed by atoms with E-state index in [1.165, 1.54) is 60.0 Å². The molecule has 58 heavy (non-hydrogen) atoms. The lowest BCUT2D eigenvalue weighted by molar-refractivity contribution is 1.04. The van der Waals surface area contributed by atoms with Crippen molar-refractivity contribution in [3.63, 3.8) is 0 Å². The fourth-order valence-electron chi connectivity index (χ4n) is 8.65. The Bertz CT molecular complexity index is 3330. The van der Waals surface area contributed by atoms with Crippen LogP contribution in [0.15, 0.2) is 183 Å². The summed E-state index contributed by atoms with van der Waals surface area (Å²) in [5.41, 5.74) is 11.0. The summed E-state index contributed by atoms with van der Waals surface area (Å²) in [7, 11) is 0. The van der Waals surface area contributed by atoms with Gasteiger partial charge in [0.2, 0.25) is 0 Å². The number of aryl methyl sites for hydroxylation is 2. The molecule has 0 radical (unpaired) electrons. The first kappa shape index (κ1) is 35.0. The molecule has 10 rings (SSSR count). The molecule has 0 aliphatic rings. The molecule has 0 amide bonds. The molecule has 0 saturated heterocycles. The topological polar surface area (TPSA) is 43.6 Å². The summed E-state index contributed by atoms with van der Waals surface area (Å²) in [6, 6.07) is 54.5. The van der Waals surface area contributed by atoms with Gasteiger partial charge in [0.25, 0.3) is 0 Å². The SMILES string of the molecule is C=C/C(=C\C=C/C)c1nc(-c2ccccc2)nc(-c2cc(-n3c4ccccc4c4cc(-c5ccccc5C)c(C)cc43)c3c4ccccc4c4ccccc4c3c2)n1. The maximum absolute atomic E-state index is 5.22. The number of benzene rings is 8. The third-order valence-electron chi connectivity index (χ3n) is 11.4. The van der Waals surface area contributed by atoms with E-state index < -0.39 is 0 Å². The number of fused-ring (bicyclic) bond motifs is 9. The average Bonchev–Trinajstić information content (AvgIpc) is 3.59. The van der Waals surface area contributed by atoms with Gasteiger partial charge in [-0.2, -0.15) is 0 Å². The van der Waals surface area contributed by atoms with Crippen molar-refractivity contribution in [1.29, 1.82) is 0 Å². The van der Waals surface area contributed by atoms with Crippen LogP contribution in [-0.4, -0.2) is 19.5 Å². The Morgan fingerprint density at radius 3 is 1.86 bits per heavy atom. The Balaban J connectivity index is 1.36. The average molecular weight is 745 g/mol. The Morgan fingerprint density at radius 2 is 1.14 bits per heavy atom. The molecule has 10 aromatic rings. The van der Waals surface area contributed by atoms with Gasteiger partial charge < -0.3 is 4.57 Å². The van der Waals surface area contributed by atoms with Gasteiger partial charge in [0.05, 0.1) is 16.7 Å². The van der Waals surface area contributed by atoms with Crippen LogP contribution in [0.2, 0.25) is 0 Å². The van der Waals surface area contributed by atoms with Crippen LogP contribution in [-0.2, 0) is 0 Å². The largest absolute Gasteiger partial charge is 0.309 e. The first-order valence-electron chi connectivity index (χ1n) is 19.8. The Kier molecular flexibility index (Phi) is 8.61. The highest BCUT2D eigenvalue weighted by Crippen LogP contribution is 2.44. The van der Waals surface area contributed by atoms with E-state index in [4.69, 9.17) is 15.0 Å². The second-order valence-corrected chi connectivity index (χ2v) is 14.9. The fraction of sp³-hybridized carbons (Fsp3) is 0.0556. The van der Waals surface area contributed by atoms with Crippen molar-refractivity contribution in [3.8, 4) is 39.6 Å². The van der Waals surface area contributed by atoms with Crippen molar-refractivity contribution in [2.45, 2.75) is 20.8 Å². The minimum absolute atomic E-state index is 0.568. The normalized spacial score (nSPS) is 12.2. The first-order valence-corrected chi connectivity index (χ1v) is 19.8. The van der Waals surface area contributed by atoms with Gasteiger partial charge in [0.1, 0.15) is 0 Å². The molecule has 0 saturated carbocycles. The van der Waals surface area contributed by atoms with E-state index in [0.29, 0.717) is 17.5 Å². The summed E-state index contributed by atoms with van der Waals surface area (Å²) < 4.78 is 2.47. The van der Waals surface area contributed by atoms with Gasteiger partial charge in [-0.3, -0.25) is 0 Å². The smallest absolute Gasteiger partial charge is 0.164 e. The summed E-state index contributed by atoms with van der Waals surface area (Å²) in [4.78, 5) is 15.4. The van der Waals surface area contributed by atoms with Crippen molar-refractivity contribution in [3.05, 3.63) is 199 Å². The molecule has 0 N–H and O–H groups in total. The van der Waals surface area contributed by atoms with Crippen LogP contribution in [0.1, 0.15) is 23.9 Å². The van der Waals surface area contributed by atoms with Gasteiger partial charge in [0, 0.05) is 32.9 Å². The third-order valence-corrected chi connectivity index (χ3v) is 11.4. The monoisotopic (exact) mass is 744 g/mol. The van der Waals surface area contributed by atoms with E-state index in [0.717, 1.165) is 38.8 Å². The predicted molar refractivity (Wildman–Crippen MR) is 245 cm³/mol. The Morgan fingerprint density at radius 1 is 0.517 bits per heavy atom. The molecule has 4 heteroatoms. The third kappa shape index (κ3) is 5.72. The number of rotatable bonds is 7. The standard InChI is InChI=1S/C54H40N4/c1-5-7-20-36(6-2)52-55-53(37-21-9-8-10-22-37)57-54(56-52)38-31-47-42-26-14-13-24-40(42)41-25-15-16-28-44(41)51(47)50(32-38)58-48-29-18-17-27-43(48)46-33-45(35(4)30-49(46)58)39-23-12-11-19-34(39)3/h5-33H,2H2,1,3-4H3/b7-5-,36-20+. The molecule has 0 spiro atoms. The van der Waals surface area contributed by atoms with E-state index in [1.807, 2.05) is 61.6 Å². The highest BCUT2D eigenvalue weighted by molar-refractivity contribution is 6.28. The van der Waals surface area contributed by atoms with Crippen LogP contribution >= 0.6 is 0 Å². The molecule has 2 aromatic heterocycles. The van der Waals surface area contributed by atoms with Gasteiger partial charge in [-0.1, -0.05) is 152 Å².